The molecule has 1 aliphatic heterocycles. The molecule has 0 aromatic heterocycles. The second-order valence-electron chi connectivity index (χ2n) is 7.09. The van der Waals surface area contributed by atoms with Crippen LogP contribution in [0.5, 0.6) is 5.75 Å². The van der Waals surface area contributed by atoms with Gasteiger partial charge in [-0.15, -0.1) is 0 Å². The maximum atomic E-state index is 12.3. The number of rotatable bonds is 5. The largest absolute Gasteiger partial charge is 0.489 e. The zero-order valence-electron chi connectivity index (χ0n) is 16.9. The fraction of sp³-hybridized carbons (Fsp3) is 0.120. The van der Waals surface area contributed by atoms with Gasteiger partial charge in [-0.2, -0.15) is 0 Å². The van der Waals surface area contributed by atoms with Crippen molar-refractivity contribution in [1.29, 1.82) is 0 Å². The summed E-state index contributed by atoms with van der Waals surface area (Å²) in [6, 6.07) is 23.8. The average molecular weight is 415 g/mol. The van der Waals surface area contributed by atoms with Crippen molar-refractivity contribution in [3.05, 3.63) is 100.0 Å². The van der Waals surface area contributed by atoms with Crippen molar-refractivity contribution in [2.45, 2.75) is 20.5 Å². The lowest BCUT2D eigenvalue weighted by Gasteiger charge is -2.06. The Labute approximate surface area is 180 Å². The summed E-state index contributed by atoms with van der Waals surface area (Å²) in [6.07, 6.45) is 1.86. The predicted molar refractivity (Wildman–Crippen MR) is 124 cm³/mol. The number of aryl methyl sites for hydroxylation is 2. The number of ether oxygens (including phenoxy) is 1. The summed E-state index contributed by atoms with van der Waals surface area (Å²) in [5, 5.41) is 3.43. The molecule has 0 bridgehead atoms. The maximum absolute atomic E-state index is 12.3. The molecule has 150 valence electrons. The van der Waals surface area contributed by atoms with E-state index in [1.54, 1.807) is 0 Å². The highest BCUT2D eigenvalue weighted by Gasteiger charge is 2.23. The minimum Gasteiger partial charge on any atom is -0.489 e. The number of carbonyl (C=O) groups excluding carboxylic acids is 1. The standard InChI is InChI=1S/C25H22N2O2S/c1-17-8-11-21(14-18(17)2)26-25-27-24(28)23(30-25)15-19-9-12-22(13-10-19)29-16-20-6-4-3-5-7-20/h3-15H,16H2,1-2H3,(H,26,27,28)/b23-15-. The molecule has 0 aliphatic carbocycles. The van der Waals surface area contributed by atoms with Gasteiger partial charge >= 0.3 is 0 Å². The van der Waals surface area contributed by atoms with E-state index in [0.29, 0.717) is 16.7 Å². The molecule has 4 rings (SSSR count). The molecule has 30 heavy (non-hydrogen) atoms. The zero-order valence-corrected chi connectivity index (χ0v) is 17.7. The summed E-state index contributed by atoms with van der Waals surface area (Å²) in [5.74, 6) is 0.661. The third-order valence-corrected chi connectivity index (χ3v) is 5.71. The van der Waals surface area contributed by atoms with Crippen LogP contribution in [0.1, 0.15) is 22.3 Å². The first kappa shape index (κ1) is 20.0. The van der Waals surface area contributed by atoms with Crippen molar-refractivity contribution in [3.8, 4) is 5.75 Å². The predicted octanol–water partition coefficient (Wildman–Crippen LogP) is 5.77. The number of nitrogens with zero attached hydrogens (tertiary/aromatic N) is 1. The topological polar surface area (TPSA) is 50.7 Å². The number of aliphatic imine (C=N–C) groups is 1. The number of amides is 1. The molecule has 1 N–H and O–H groups in total. The lowest BCUT2D eigenvalue weighted by Crippen LogP contribution is -2.19. The van der Waals surface area contributed by atoms with Crippen LogP contribution >= 0.6 is 11.8 Å². The molecule has 1 heterocycles. The Morgan fingerprint density at radius 1 is 0.967 bits per heavy atom. The summed E-state index contributed by atoms with van der Waals surface area (Å²) in [7, 11) is 0. The zero-order chi connectivity index (χ0) is 20.9. The van der Waals surface area contributed by atoms with Crippen LogP contribution in [0.2, 0.25) is 0 Å². The SMILES string of the molecule is Cc1ccc(N=C2NC(=O)/C(=C/c3ccc(OCc4ccccc4)cc3)S2)cc1C. The minimum absolute atomic E-state index is 0.132. The molecule has 4 nitrogen and oxygen atoms in total. The van der Waals surface area contributed by atoms with Gasteiger partial charge < -0.3 is 10.1 Å². The van der Waals surface area contributed by atoms with Gasteiger partial charge in [0.15, 0.2) is 5.17 Å². The summed E-state index contributed by atoms with van der Waals surface area (Å²) in [5.41, 5.74) is 5.29. The fourth-order valence-electron chi connectivity index (χ4n) is 2.95. The number of amidine groups is 1. The Hall–Kier alpha value is -3.31. The van der Waals surface area contributed by atoms with Crippen molar-refractivity contribution in [2.24, 2.45) is 4.99 Å². The highest BCUT2D eigenvalue weighted by atomic mass is 32.2. The lowest BCUT2D eigenvalue weighted by molar-refractivity contribution is -0.115. The molecule has 1 aliphatic rings. The second-order valence-corrected chi connectivity index (χ2v) is 8.12. The number of hydrogen-bond donors (Lipinski definition) is 1. The van der Waals surface area contributed by atoms with Gasteiger partial charge in [0.2, 0.25) is 0 Å². The van der Waals surface area contributed by atoms with Crippen LogP contribution in [-0.2, 0) is 11.4 Å². The molecular weight excluding hydrogens is 392 g/mol. The Bertz CT molecular complexity index is 1120. The maximum Gasteiger partial charge on any atom is 0.264 e. The van der Waals surface area contributed by atoms with Crippen molar-refractivity contribution < 1.29 is 9.53 Å². The molecular formula is C25H22N2O2S. The Morgan fingerprint density at radius 3 is 2.47 bits per heavy atom. The van der Waals surface area contributed by atoms with E-state index in [9.17, 15) is 4.79 Å². The first-order valence-corrected chi connectivity index (χ1v) is 10.5. The lowest BCUT2D eigenvalue weighted by atomic mass is 10.1. The van der Waals surface area contributed by atoms with E-state index in [1.807, 2.05) is 78.9 Å². The summed E-state index contributed by atoms with van der Waals surface area (Å²) in [6.45, 7) is 4.65. The highest BCUT2D eigenvalue weighted by Crippen LogP contribution is 2.29. The molecule has 0 unspecified atom stereocenters. The van der Waals surface area contributed by atoms with E-state index in [4.69, 9.17) is 4.74 Å². The van der Waals surface area contributed by atoms with Crippen molar-refractivity contribution >= 4 is 34.6 Å². The second kappa shape index (κ2) is 9.01. The van der Waals surface area contributed by atoms with Crippen molar-refractivity contribution in [2.75, 3.05) is 0 Å². The molecule has 0 radical (unpaired) electrons. The Morgan fingerprint density at radius 2 is 1.73 bits per heavy atom. The van der Waals surface area contributed by atoms with E-state index in [1.165, 1.54) is 22.9 Å². The van der Waals surface area contributed by atoms with Gasteiger partial charge in [-0.05, 0) is 78.2 Å². The van der Waals surface area contributed by atoms with Gasteiger partial charge in [0.1, 0.15) is 12.4 Å². The highest BCUT2D eigenvalue weighted by molar-refractivity contribution is 8.18. The van der Waals surface area contributed by atoms with Gasteiger partial charge in [0.25, 0.3) is 5.91 Å². The molecule has 1 fully saturated rings. The minimum atomic E-state index is -0.132. The summed E-state index contributed by atoms with van der Waals surface area (Å²) in [4.78, 5) is 17.5. The van der Waals surface area contributed by atoms with E-state index in [-0.39, 0.29) is 5.91 Å². The van der Waals surface area contributed by atoms with E-state index >= 15 is 0 Å². The van der Waals surface area contributed by atoms with Crippen LogP contribution < -0.4 is 10.1 Å². The molecule has 0 spiro atoms. The monoisotopic (exact) mass is 414 g/mol. The van der Waals surface area contributed by atoms with Crippen LogP contribution in [0.3, 0.4) is 0 Å². The van der Waals surface area contributed by atoms with Crippen LogP contribution in [-0.4, -0.2) is 11.1 Å². The van der Waals surface area contributed by atoms with E-state index < -0.39 is 0 Å². The Kier molecular flexibility index (Phi) is 6.00. The number of nitrogens with one attached hydrogen (secondary N) is 1. The molecule has 0 atom stereocenters. The van der Waals surface area contributed by atoms with Crippen LogP contribution in [0.25, 0.3) is 6.08 Å². The van der Waals surface area contributed by atoms with Gasteiger partial charge in [-0.25, -0.2) is 4.99 Å². The molecule has 3 aromatic carbocycles. The third-order valence-electron chi connectivity index (χ3n) is 4.80. The Balaban J connectivity index is 1.42. The molecule has 3 aromatic rings. The van der Waals surface area contributed by atoms with E-state index in [2.05, 4.69) is 24.2 Å². The number of thioether (sulfide) groups is 1. The van der Waals surface area contributed by atoms with Gasteiger partial charge in [0.05, 0.1) is 10.6 Å². The number of hydrogen-bond acceptors (Lipinski definition) is 4. The molecule has 0 saturated carbocycles. The molecule has 1 amide bonds. The number of carbonyl (C=O) groups is 1. The van der Waals surface area contributed by atoms with Crippen molar-refractivity contribution in [1.82, 2.24) is 5.32 Å². The molecule has 1 saturated heterocycles. The third kappa shape index (κ3) is 4.99. The van der Waals surface area contributed by atoms with Gasteiger partial charge in [0, 0.05) is 0 Å². The van der Waals surface area contributed by atoms with Gasteiger partial charge in [-0.1, -0.05) is 48.5 Å². The quantitative estimate of drug-likeness (QED) is 0.539. The fourth-order valence-corrected chi connectivity index (χ4v) is 3.79. The average Bonchev–Trinajstić information content (AvgIpc) is 3.09. The number of benzene rings is 3. The first-order valence-electron chi connectivity index (χ1n) is 9.70. The molecule has 5 heteroatoms. The van der Waals surface area contributed by atoms with Crippen molar-refractivity contribution in [3.63, 3.8) is 0 Å². The van der Waals surface area contributed by atoms with Crippen LogP contribution in [0.4, 0.5) is 5.69 Å². The van der Waals surface area contributed by atoms with Crippen LogP contribution in [0, 0.1) is 13.8 Å². The first-order chi connectivity index (χ1) is 14.6. The normalized spacial score (nSPS) is 16.1. The van der Waals surface area contributed by atoms with E-state index in [0.717, 1.165) is 22.6 Å². The van der Waals surface area contributed by atoms with Crippen LogP contribution in [0.15, 0.2) is 82.7 Å². The smallest absolute Gasteiger partial charge is 0.264 e. The van der Waals surface area contributed by atoms with Gasteiger partial charge in [-0.3, -0.25) is 4.79 Å². The summed E-state index contributed by atoms with van der Waals surface area (Å²) >= 11 is 1.35. The summed E-state index contributed by atoms with van der Waals surface area (Å²) < 4.78 is 5.82.